The fraction of sp³-hybridized carbons (Fsp3) is 0.429. The minimum absolute atomic E-state index is 0.0604. The van der Waals surface area contributed by atoms with Crippen LogP contribution >= 0.6 is 0 Å². The molecule has 0 radical (unpaired) electrons. The van der Waals surface area contributed by atoms with Gasteiger partial charge in [0.05, 0.1) is 6.61 Å². The number of nitrogens with one attached hydrogen (secondary N) is 1. The molecule has 22 heavy (non-hydrogen) atoms. The highest BCUT2D eigenvalue weighted by Gasteiger charge is 2.44. The number of hydrogen-bond donors (Lipinski definition) is 3. The van der Waals surface area contributed by atoms with Gasteiger partial charge in [0.1, 0.15) is 24.6 Å². The molecule has 3 N–H and O–H groups in total. The number of rotatable bonds is 4. The van der Waals surface area contributed by atoms with Crippen LogP contribution in [0.4, 0.5) is 0 Å². The number of carbonyl (C=O) groups excluding carboxylic acids is 2. The highest BCUT2D eigenvalue weighted by Crippen LogP contribution is 2.27. The quantitative estimate of drug-likeness (QED) is 0.504. The van der Waals surface area contributed by atoms with E-state index in [1.807, 2.05) is 0 Å². The molecule has 0 aliphatic carbocycles. The first-order chi connectivity index (χ1) is 10.6. The Labute approximate surface area is 125 Å². The van der Waals surface area contributed by atoms with Gasteiger partial charge in [-0.25, -0.2) is 4.79 Å². The summed E-state index contributed by atoms with van der Waals surface area (Å²) >= 11 is 0. The van der Waals surface area contributed by atoms with Gasteiger partial charge >= 0.3 is 5.97 Å². The maximum Gasteiger partial charge on any atom is 0.355 e. The number of likely N-dealkylation sites (tertiary alicyclic amines) is 1. The fourth-order valence-electron chi connectivity index (χ4n) is 2.53. The molecule has 8 nitrogen and oxygen atoms in total. The van der Waals surface area contributed by atoms with Gasteiger partial charge in [-0.1, -0.05) is 6.08 Å². The van der Waals surface area contributed by atoms with Crippen molar-refractivity contribution in [2.45, 2.75) is 25.0 Å². The van der Waals surface area contributed by atoms with E-state index < -0.39 is 30.4 Å². The molecule has 118 valence electrons. The second-order valence-electron chi connectivity index (χ2n) is 5.10. The molecule has 3 atom stereocenters. The third-order valence-electron chi connectivity index (χ3n) is 3.65. The third kappa shape index (κ3) is 2.63. The van der Waals surface area contributed by atoms with Gasteiger partial charge in [0.25, 0.3) is 5.91 Å². The Bertz CT molecular complexity index is 596. The first-order valence-corrected chi connectivity index (χ1v) is 6.87. The van der Waals surface area contributed by atoms with Crippen molar-refractivity contribution in [1.29, 1.82) is 0 Å². The summed E-state index contributed by atoms with van der Waals surface area (Å²) in [5, 5.41) is 19.4. The summed E-state index contributed by atoms with van der Waals surface area (Å²) in [6.07, 6.45) is 0.0648. The van der Waals surface area contributed by atoms with Crippen LogP contribution in [0, 0.1) is 0 Å². The van der Waals surface area contributed by atoms with Gasteiger partial charge in [-0.2, -0.15) is 0 Å². The highest BCUT2D eigenvalue weighted by molar-refractivity contribution is 5.87. The number of aromatic amines is 1. The minimum atomic E-state index is -1.23. The highest BCUT2D eigenvalue weighted by atomic mass is 16.5. The zero-order valence-electron chi connectivity index (χ0n) is 11.6. The molecular formula is C14H16N2O6. The Balaban J connectivity index is 1.64. The van der Waals surface area contributed by atoms with Gasteiger partial charge < -0.3 is 24.7 Å². The molecule has 2 unspecified atom stereocenters. The largest absolute Gasteiger partial charge is 0.456 e. The second-order valence-corrected chi connectivity index (χ2v) is 5.10. The standard InChI is InChI=1S/C14H16N2O6/c17-10-6-11(18)16(12(10)19)13-8(3-5-21-13)7-22-14(20)9-2-1-4-15-9/h1-4,10-11,13,15,17-18H,5-7H2/t10?,11?,13-/m1/s1. The molecule has 1 saturated heterocycles. The third-order valence-corrected chi connectivity index (χ3v) is 3.65. The molecular weight excluding hydrogens is 292 g/mol. The fourth-order valence-corrected chi connectivity index (χ4v) is 2.53. The summed E-state index contributed by atoms with van der Waals surface area (Å²) in [6, 6.07) is 3.27. The van der Waals surface area contributed by atoms with Crippen molar-refractivity contribution >= 4 is 11.9 Å². The Hall–Kier alpha value is -2.16. The van der Waals surface area contributed by atoms with E-state index in [0.717, 1.165) is 4.90 Å². The number of H-pyrrole nitrogens is 1. The number of amides is 1. The molecule has 8 heteroatoms. The Morgan fingerprint density at radius 2 is 2.32 bits per heavy atom. The van der Waals surface area contributed by atoms with Gasteiger partial charge in [0, 0.05) is 18.2 Å². The van der Waals surface area contributed by atoms with Gasteiger partial charge in [-0.3, -0.25) is 9.69 Å². The average molecular weight is 308 g/mol. The summed E-state index contributed by atoms with van der Waals surface area (Å²) < 4.78 is 10.6. The number of aliphatic hydroxyl groups is 2. The lowest BCUT2D eigenvalue weighted by Crippen LogP contribution is -2.44. The molecule has 1 fully saturated rings. The van der Waals surface area contributed by atoms with Crippen molar-refractivity contribution < 1.29 is 29.3 Å². The zero-order valence-corrected chi connectivity index (χ0v) is 11.6. The molecule has 2 aliphatic rings. The number of esters is 1. The van der Waals surface area contributed by atoms with Crippen LogP contribution in [0.5, 0.6) is 0 Å². The summed E-state index contributed by atoms with van der Waals surface area (Å²) in [4.78, 5) is 27.5. The monoisotopic (exact) mass is 308 g/mol. The number of aliphatic hydroxyl groups excluding tert-OH is 2. The molecule has 3 rings (SSSR count). The summed E-state index contributed by atoms with van der Waals surface area (Å²) in [5.41, 5.74) is 0.880. The number of nitrogens with zero attached hydrogens (tertiary/aromatic N) is 1. The lowest BCUT2D eigenvalue weighted by Gasteiger charge is -2.28. The predicted octanol–water partition coefficient (Wildman–Crippen LogP) is -0.634. The lowest BCUT2D eigenvalue weighted by molar-refractivity contribution is -0.152. The molecule has 0 aromatic carbocycles. The van der Waals surface area contributed by atoms with E-state index in [2.05, 4.69) is 4.98 Å². The van der Waals surface area contributed by atoms with Crippen LogP contribution in [0.25, 0.3) is 0 Å². The molecule has 1 aromatic rings. The summed E-state index contributed by atoms with van der Waals surface area (Å²) in [5.74, 6) is -1.12. The van der Waals surface area contributed by atoms with Crippen LogP contribution in [0.1, 0.15) is 16.9 Å². The SMILES string of the molecule is O=C(OCC1=CCO[C@H]1N1C(=O)C(O)CC1O)c1ccc[nH]1. The first-order valence-electron chi connectivity index (χ1n) is 6.87. The number of aromatic nitrogens is 1. The minimum Gasteiger partial charge on any atom is -0.456 e. The first kappa shape index (κ1) is 14.8. The number of ether oxygens (including phenoxy) is 2. The maximum atomic E-state index is 11.9. The maximum absolute atomic E-state index is 11.9. The van der Waals surface area contributed by atoms with Crippen LogP contribution in [-0.2, 0) is 14.3 Å². The van der Waals surface area contributed by atoms with Crippen molar-refractivity contribution in [3.8, 4) is 0 Å². The summed E-state index contributed by atoms with van der Waals surface area (Å²) in [7, 11) is 0. The van der Waals surface area contributed by atoms with Crippen molar-refractivity contribution in [2.75, 3.05) is 13.2 Å². The van der Waals surface area contributed by atoms with Crippen LogP contribution in [0.15, 0.2) is 30.0 Å². The van der Waals surface area contributed by atoms with Crippen molar-refractivity contribution in [2.24, 2.45) is 0 Å². The second kappa shape index (κ2) is 5.91. The van der Waals surface area contributed by atoms with E-state index in [-0.39, 0.29) is 19.6 Å². The van der Waals surface area contributed by atoms with Gasteiger partial charge in [0.15, 0.2) is 6.23 Å². The Kier molecular flexibility index (Phi) is 3.97. The molecule has 1 aromatic heterocycles. The molecule has 3 heterocycles. The molecule has 2 aliphatic heterocycles. The molecule has 0 spiro atoms. The van der Waals surface area contributed by atoms with Gasteiger partial charge in [-0.15, -0.1) is 0 Å². The van der Waals surface area contributed by atoms with Crippen LogP contribution in [0.3, 0.4) is 0 Å². The average Bonchev–Trinajstić information content (AvgIpc) is 3.20. The topological polar surface area (TPSA) is 112 Å². The van der Waals surface area contributed by atoms with Gasteiger partial charge in [-0.05, 0) is 12.1 Å². The molecule has 0 saturated carbocycles. The number of hydrogen-bond acceptors (Lipinski definition) is 6. The Morgan fingerprint density at radius 3 is 2.95 bits per heavy atom. The lowest BCUT2D eigenvalue weighted by atomic mass is 10.2. The van der Waals surface area contributed by atoms with Crippen molar-refractivity contribution in [3.63, 3.8) is 0 Å². The van der Waals surface area contributed by atoms with E-state index in [4.69, 9.17) is 9.47 Å². The van der Waals surface area contributed by atoms with Crippen molar-refractivity contribution in [1.82, 2.24) is 9.88 Å². The van der Waals surface area contributed by atoms with Crippen LogP contribution in [-0.4, -0.2) is 63.7 Å². The molecule has 0 bridgehead atoms. The van der Waals surface area contributed by atoms with E-state index in [1.54, 1.807) is 24.4 Å². The van der Waals surface area contributed by atoms with E-state index in [0.29, 0.717) is 11.3 Å². The van der Waals surface area contributed by atoms with Crippen molar-refractivity contribution in [3.05, 3.63) is 35.7 Å². The van der Waals surface area contributed by atoms with E-state index in [1.165, 1.54) is 0 Å². The van der Waals surface area contributed by atoms with Gasteiger partial charge in [0.2, 0.25) is 0 Å². The Morgan fingerprint density at radius 1 is 1.50 bits per heavy atom. The van der Waals surface area contributed by atoms with E-state index >= 15 is 0 Å². The number of carbonyl (C=O) groups is 2. The van der Waals surface area contributed by atoms with Crippen LogP contribution in [0.2, 0.25) is 0 Å². The van der Waals surface area contributed by atoms with E-state index in [9.17, 15) is 19.8 Å². The van der Waals surface area contributed by atoms with Crippen LogP contribution < -0.4 is 0 Å². The molecule has 1 amide bonds. The zero-order chi connectivity index (χ0) is 15.7. The summed E-state index contributed by atoms with van der Waals surface area (Å²) in [6.45, 7) is 0.182. The smallest absolute Gasteiger partial charge is 0.355 e. The predicted molar refractivity (Wildman–Crippen MR) is 72.4 cm³/mol. The normalized spacial score (nSPS) is 28.1.